The Morgan fingerprint density at radius 1 is 1.50 bits per heavy atom. The van der Waals surface area contributed by atoms with E-state index >= 15 is 0 Å². The number of H-pyrrole nitrogens is 1. The molecule has 0 amide bonds. The lowest BCUT2D eigenvalue weighted by Gasteiger charge is -1.99. The fourth-order valence-electron chi connectivity index (χ4n) is 1.97. The number of rotatable bonds is 2. The molecule has 0 aliphatic carbocycles. The number of fused-ring (bicyclic) bond motifs is 1. The lowest BCUT2D eigenvalue weighted by Crippen LogP contribution is -1.92. The van der Waals surface area contributed by atoms with E-state index < -0.39 is 0 Å². The van der Waals surface area contributed by atoms with Crippen LogP contribution >= 0.6 is 0 Å². The van der Waals surface area contributed by atoms with Gasteiger partial charge in [-0.25, -0.2) is 0 Å². The SMILES string of the molecule is Cc1cc2c(CC3CO3)cccc2[nH]1. The van der Waals surface area contributed by atoms with Crippen LogP contribution in [0.15, 0.2) is 24.3 Å². The predicted octanol–water partition coefficient (Wildman–Crippen LogP) is 2.42. The normalized spacial score (nSPS) is 20.2. The van der Waals surface area contributed by atoms with Crippen LogP contribution in [0.1, 0.15) is 11.3 Å². The fourth-order valence-corrected chi connectivity index (χ4v) is 1.97. The molecule has 72 valence electrons. The predicted molar refractivity (Wildman–Crippen MR) is 56.5 cm³/mol. The number of hydrogen-bond donors (Lipinski definition) is 1. The van der Waals surface area contributed by atoms with Crippen molar-refractivity contribution in [1.29, 1.82) is 0 Å². The average molecular weight is 187 g/mol. The molecule has 2 heteroatoms. The molecule has 1 fully saturated rings. The van der Waals surface area contributed by atoms with Crippen LogP contribution < -0.4 is 0 Å². The maximum atomic E-state index is 5.26. The van der Waals surface area contributed by atoms with Gasteiger partial charge >= 0.3 is 0 Å². The average Bonchev–Trinajstić information content (AvgIpc) is 2.87. The van der Waals surface area contributed by atoms with Crippen LogP contribution in [0.3, 0.4) is 0 Å². The van der Waals surface area contributed by atoms with Gasteiger partial charge in [-0.3, -0.25) is 0 Å². The number of nitrogens with one attached hydrogen (secondary N) is 1. The second-order valence-electron chi connectivity index (χ2n) is 3.99. The Balaban J connectivity index is 2.11. The molecule has 14 heavy (non-hydrogen) atoms. The molecule has 0 radical (unpaired) electrons. The van der Waals surface area contributed by atoms with Gasteiger partial charge in [-0.1, -0.05) is 12.1 Å². The van der Waals surface area contributed by atoms with Gasteiger partial charge in [0.05, 0.1) is 12.7 Å². The highest BCUT2D eigenvalue weighted by atomic mass is 16.6. The third-order valence-electron chi connectivity index (χ3n) is 2.74. The highest BCUT2D eigenvalue weighted by Gasteiger charge is 2.23. The van der Waals surface area contributed by atoms with Crippen LogP contribution in [-0.4, -0.2) is 17.7 Å². The van der Waals surface area contributed by atoms with Crippen LogP contribution in [-0.2, 0) is 11.2 Å². The van der Waals surface area contributed by atoms with E-state index in [4.69, 9.17) is 4.74 Å². The molecule has 1 N–H and O–H groups in total. The van der Waals surface area contributed by atoms with Gasteiger partial charge in [0, 0.05) is 23.0 Å². The summed E-state index contributed by atoms with van der Waals surface area (Å²) in [4.78, 5) is 3.35. The lowest BCUT2D eigenvalue weighted by atomic mass is 10.1. The smallest absolute Gasteiger partial charge is 0.0850 e. The number of hydrogen-bond acceptors (Lipinski definition) is 1. The monoisotopic (exact) mass is 187 g/mol. The van der Waals surface area contributed by atoms with E-state index in [0.29, 0.717) is 6.10 Å². The number of aryl methyl sites for hydroxylation is 1. The Labute approximate surface area is 82.9 Å². The second-order valence-corrected chi connectivity index (χ2v) is 3.99. The van der Waals surface area contributed by atoms with Gasteiger partial charge in [0.15, 0.2) is 0 Å². The van der Waals surface area contributed by atoms with Crippen molar-refractivity contribution in [3.05, 3.63) is 35.5 Å². The minimum absolute atomic E-state index is 0.468. The minimum atomic E-state index is 0.468. The van der Waals surface area contributed by atoms with Crippen LogP contribution in [0.5, 0.6) is 0 Å². The second kappa shape index (κ2) is 2.85. The molecule has 3 rings (SSSR count). The highest BCUT2D eigenvalue weighted by molar-refractivity contribution is 5.84. The first kappa shape index (κ1) is 8.06. The first-order valence-electron chi connectivity index (χ1n) is 5.02. The van der Waals surface area contributed by atoms with Crippen molar-refractivity contribution in [2.45, 2.75) is 19.4 Å². The molecule has 2 aromatic rings. The number of aromatic amines is 1. The third kappa shape index (κ3) is 1.32. The number of aromatic nitrogens is 1. The molecule has 1 aliphatic rings. The van der Waals surface area contributed by atoms with Crippen molar-refractivity contribution < 1.29 is 4.74 Å². The third-order valence-corrected chi connectivity index (χ3v) is 2.74. The fraction of sp³-hybridized carbons (Fsp3) is 0.333. The Kier molecular flexibility index (Phi) is 1.64. The van der Waals surface area contributed by atoms with E-state index in [9.17, 15) is 0 Å². The topological polar surface area (TPSA) is 28.3 Å². The first-order chi connectivity index (χ1) is 6.83. The maximum absolute atomic E-state index is 5.26. The zero-order chi connectivity index (χ0) is 9.54. The Bertz CT molecular complexity index is 468. The number of benzene rings is 1. The first-order valence-corrected chi connectivity index (χ1v) is 5.02. The van der Waals surface area contributed by atoms with Gasteiger partial charge in [0.2, 0.25) is 0 Å². The van der Waals surface area contributed by atoms with E-state index in [1.807, 2.05) is 0 Å². The van der Waals surface area contributed by atoms with Gasteiger partial charge in [-0.15, -0.1) is 0 Å². The van der Waals surface area contributed by atoms with E-state index in [1.54, 1.807) is 0 Å². The number of epoxide rings is 1. The van der Waals surface area contributed by atoms with Gasteiger partial charge in [0.1, 0.15) is 0 Å². The summed E-state index contributed by atoms with van der Waals surface area (Å²) in [5.41, 5.74) is 3.86. The molecule has 1 saturated heterocycles. The minimum Gasteiger partial charge on any atom is -0.373 e. The van der Waals surface area contributed by atoms with Gasteiger partial charge in [-0.05, 0) is 24.6 Å². The van der Waals surface area contributed by atoms with Crippen LogP contribution in [0.4, 0.5) is 0 Å². The summed E-state index contributed by atoms with van der Waals surface area (Å²) in [6.45, 7) is 3.02. The van der Waals surface area contributed by atoms with E-state index in [-0.39, 0.29) is 0 Å². The molecule has 1 aromatic carbocycles. The van der Waals surface area contributed by atoms with Crippen molar-refractivity contribution in [2.24, 2.45) is 0 Å². The molecular weight excluding hydrogens is 174 g/mol. The van der Waals surface area contributed by atoms with Crippen LogP contribution in [0.2, 0.25) is 0 Å². The molecule has 0 bridgehead atoms. The largest absolute Gasteiger partial charge is 0.373 e. The molecular formula is C12H13NO. The Morgan fingerprint density at radius 2 is 2.36 bits per heavy atom. The van der Waals surface area contributed by atoms with Crippen molar-refractivity contribution in [1.82, 2.24) is 4.98 Å². The summed E-state index contributed by atoms with van der Waals surface area (Å²) in [7, 11) is 0. The van der Waals surface area contributed by atoms with E-state index in [0.717, 1.165) is 13.0 Å². The van der Waals surface area contributed by atoms with Crippen LogP contribution in [0.25, 0.3) is 10.9 Å². The molecule has 0 spiro atoms. The summed E-state index contributed by atoms with van der Waals surface area (Å²) in [6, 6.07) is 8.64. The Hall–Kier alpha value is -1.28. The van der Waals surface area contributed by atoms with Crippen molar-refractivity contribution in [2.75, 3.05) is 6.61 Å². The van der Waals surface area contributed by atoms with Gasteiger partial charge < -0.3 is 9.72 Å². The van der Waals surface area contributed by atoms with E-state index in [2.05, 4.69) is 36.2 Å². The molecule has 2 nitrogen and oxygen atoms in total. The molecule has 2 heterocycles. The quantitative estimate of drug-likeness (QED) is 0.718. The van der Waals surface area contributed by atoms with Gasteiger partial charge in [0.25, 0.3) is 0 Å². The molecule has 1 atom stereocenters. The van der Waals surface area contributed by atoms with Gasteiger partial charge in [-0.2, -0.15) is 0 Å². The van der Waals surface area contributed by atoms with Crippen molar-refractivity contribution >= 4 is 10.9 Å². The highest BCUT2D eigenvalue weighted by Crippen LogP contribution is 2.24. The van der Waals surface area contributed by atoms with E-state index in [1.165, 1.54) is 22.2 Å². The summed E-state index contributed by atoms with van der Waals surface area (Å²) in [6.07, 6.45) is 1.52. The summed E-state index contributed by atoms with van der Waals surface area (Å²) < 4.78 is 5.26. The zero-order valence-electron chi connectivity index (χ0n) is 8.21. The zero-order valence-corrected chi connectivity index (χ0v) is 8.21. The van der Waals surface area contributed by atoms with Crippen molar-refractivity contribution in [3.63, 3.8) is 0 Å². The molecule has 0 saturated carbocycles. The molecule has 1 unspecified atom stereocenters. The Morgan fingerprint density at radius 3 is 3.14 bits per heavy atom. The maximum Gasteiger partial charge on any atom is 0.0850 e. The molecule has 1 aliphatic heterocycles. The summed E-state index contributed by atoms with van der Waals surface area (Å²) in [5, 5.41) is 1.35. The van der Waals surface area contributed by atoms with Crippen LogP contribution in [0, 0.1) is 6.92 Å². The summed E-state index contributed by atoms with van der Waals surface area (Å²) in [5.74, 6) is 0. The standard InChI is InChI=1S/C12H13NO/c1-8-5-11-9(6-10-7-14-10)3-2-4-12(11)13-8/h2-5,10,13H,6-7H2,1H3. The number of ether oxygens (including phenoxy) is 1. The lowest BCUT2D eigenvalue weighted by molar-refractivity contribution is 0.408. The van der Waals surface area contributed by atoms with Crippen molar-refractivity contribution in [3.8, 4) is 0 Å². The molecule has 1 aromatic heterocycles. The summed E-state index contributed by atoms with van der Waals surface area (Å²) >= 11 is 0.